The average Bonchev–Trinajstić information content (AvgIpc) is 2.84. The molecule has 3 saturated heterocycles. The Bertz CT molecular complexity index is 358. The van der Waals surface area contributed by atoms with Crippen LogP contribution < -0.4 is 0 Å². The Hall–Kier alpha value is -0.220. The molecule has 0 aromatic heterocycles. The number of rotatable bonds is 2. The van der Waals surface area contributed by atoms with E-state index < -0.39 is 5.97 Å². The van der Waals surface area contributed by atoms with Crippen LogP contribution in [0.2, 0.25) is 0 Å². The normalized spacial score (nSPS) is 43.2. The summed E-state index contributed by atoms with van der Waals surface area (Å²) in [5, 5.41) is 9.32. The molecule has 3 aliphatic heterocycles. The monoisotopic (exact) mass is 269 g/mol. The average molecular weight is 269 g/mol. The van der Waals surface area contributed by atoms with Crippen molar-refractivity contribution in [2.24, 2.45) is 11.3 Å². The highest BCUT2D eigenvalue weighted by molar-refractivity contribution is 7.99. The van der Waals surface area contributed by atoms with Gasteiger partial charge in [0.05, 0.1) is 5.92 Å². The summed E-state index contributed by atoms with van der Waals surface area (Å²) < 4.78 is 0. The molecule has 0 aromatic rings. The van der Waals surface area contributed by atoms with Crippen LogP contribution in [0.4, 0.5) is 0 Å². The Morgan fingerprint density at radius 1 is 1.33 bits per heavy atom. The summed E-state index contributed by atoms with van der Waals surface area (Å²) in [5.41, 5.74) is 0.411. The molecule has 1 N–H and O–H groups in total. The summed E-state index contributed by atoms with van der Waals surface area (Å²) in [5.74, 6) is 1.77. The minimum Gasteiger partial charge on any atom is -0.481 e. The highest BCUT2D eigenvalue weighted by Crippen LogP contribution is 2.47. The predicted octanol–water partition coefficient (Wildman–Crippen LogP) is 2.46. The lowest BCUT2D eigenvalue weighted by molar-refractivity contribution is -0.142. The van der Waals surface area contributed by atoms with E-state index >= 15 is 0 Å². The van der Waals surface area contributed by atoms with Gasteiger partial charge in [-0.05, 0) is 36.9 Å². The Kier molecular flexibility index (Phi) is 3.14. The van der Waals surface area contributed by atoms with Crippen molar-refractivity contribution in [1.29, 1.82) is 0 Å². The van der Waals surface area contributed by atoms with Gasteiger partial charge in [0, 0.05) is 23.9 Å². The van der Waals surface area contributed by atoms with Crippen LogP contribution in [0.25, 0.3) is 0 Å². The topological polar surface area (TPSA) is 40.5 Å². The molecule has 3 heterocycles. The van der Waals surface area contributed by atoms with E-state index in [0.717, 1.165) is 12.8 Å². The number of carboxylic acids is 1. The van der Waals surface area contributed by atoms with Crippen molar-refractivity contribution in [3.05, 3.63) is 0 Å². The van der Waals surface area contributed by atoms with Crippen molar-refractivity contribution in [3.63, 3.8) is 0 Å². The Balaban J connectivity index is 1.75. The van der Waals surface area contributed by atoms with Gasteiger partial charge >= 0.3 is 5.97 Å². The Morgan fingerprint density at radius 2 is 2.11 bits per heavy atom. The first-order valence-electron chi connectivity index (χ1n) is 7.06. The second-order valence-electron chi connectivity index (χ2n) is 6.96. The third-order valence-electron chi connectivity index (χ3n) is 4.92. The molecule has 102 valence electrons. The number of thioether (sulfide) groups is 1. The second-order valence-corrected chi connectivity index (χ2v) is 7.99. The molecule has 0 radical (unpaired) electrons. The maximum absolute atomic E-state index is 11.3. The van der Waals surface area contributed by atoms with Gasteiger partial charge in [-0.2, -0.15) is 11.8 Å². The van der Waals surface area contributed by atoms with Crippen molar-refractivity contribution < 1.29 is 9.90 Å². The molecule has 3 nitrogen and oxygen atoms in total. The van der Waals surface area contributed by atoms with Gasteiger partial charge in [0.1, 0.15) is 0 Å². The van der Waals surface area contributed by atoms with E-state index in [2.05, 4.69) is 18.7 Å². The van der Waals surface area contributed by atoms with Crippen molar-refractivity contribution >= 4 is 17.7 Å². The van der Waals surface area contributed by atoms with Crippen LogP contribution in [0.3, 0.4) is 0 Å². The molecule has 0 spiro atoms. The minimum atomic E-state index is -0.574. The van der Waals surface area contributed by atoms with Crippen LogP contribution in [0, 0.1) is 11.3 Å². The molecule has 0 aromatic carbocycles. The largest absolute Gasteiger partial charge is 0.481 e. The molecule has 2 bridgehead atoms. The van der Waals surface area contributed by atoms with Crippen LogP contribution >= 0.6 is 11.8 Å². The summed E-state index contributed by atoms with van der Waals surface area (Å²) in [4.78, 5) is 13.9. The SMILES string of the molecule is CC1(C)CSCC(N2C3CCC2C(C(=O)O)C3)C1. The molecule has 3 fully saturated rings. The van der Waals surface area contributed by atoms with Crippen LogP contribution in [-0.2, 0) is 4.79 Å². The standard InChI is InChI=1S/C14H23NO2S/c1-14(2)6-10(7-18-8-14)15-9-3-4-12(15)11(5-9)13(16)17/h9-12H,3-8H2,1-2H3,(H,16,17). The van der Waals surface area contributed by atoms with Crippen LogP contribution in [-0.4, -0.2) is 45.6 Å². The van der Waals surface area contributed by atoms with E-state index in [0.29, 0.717) is 23.5 Å². The van der Waals surface area contributed by atoms with Gasteiger partial charge in [0.2, 0.25) is 0 Å². The Labute approximate surface area is 113 Å². The zero-order chi connectivity index (χ0) is 12.9. The van der Waals surface area contributed by atoms with E-state index in [4.69, 9.17) is 0 Å². The van der Waals surface area contributed by atoms with Crippen molar-refractivity contribution in [3.8, 4) is 0 Å². The lowest BCUT2D eigenvalue weighted by Crippen LogP contribution is -2.47. The van der Waals surface area contributed by atoms with E-state index in [1.807, 2.05) is 11.8 Å². The number of aliphatic carboxylic acids is 1. The number of hydrogen-bond donors (Lipinski definition) is 1. The van der Waals surface area contributed by atoms with Crippen molar-refractivity contribution in [2.45, 2.75) is 57.7 Å². The first kappa shape index (κ1) is 12.8. The second kappa shape index (κ2) is 4.41. The van der Waals surface area contributed by atoms with Gasteiger partial charge < -0.3 is 5.11 Å². The van der Waals surface area contributed by atoms with Crippen LogP contribution in [0.15, 0.2) is 0 Å². The zero-order valence-electron chi connectivity index (χ0n) is 11.3. The summed E-state index contributed by atoms with van der Waals surface area (Å²) in [6.07, 6.45) is 4.44. The fourth-order valence-corrected chi connectivity index (χ4v) is 5.63. The third kappa shape index (κ3) is 2.07. The van der Waals surface area contributed by atoms with E-state index in [9.17, 15) is 9.90 Å². The molecule has 18 heavy (non-hydrogen) atoms. The number of fused-ring (bicyclic) bond motifs is 2. The van der Waals surface area contributed by atoms with Gasteiger partial charge in [-0.25, -0.2) is 0 Å². The molecule has 0 aliphatic carbocycles. The molecule has 4 unspecified atom stereocenters. The van der Waals surface area contributed by atoms with Crippen molar-refractivity contribution in [2.75, 3.05) is 11.5 Å². The smallest absolute Gasteiger partial charge is 0.308 e. The van der Waals surface area contributed by atoms with Gasteiger partial charge in [-0.1, -0.05) is 13.8 Å². The summed E-state index contributed by atoms with van der Waals surface area (Å²) in [6, 6.07) is 1.49. The zero-order valence-corrected chi connectivity index (χ0v) is 12.1. The van der Waals surface area contributed by atoms with Gasteiger partial charge in [0.15, 0.2) is 0 Å². The molecule has 0 saturated carbocycles. The van der Waals surface area contributed by atoms with Crippen LogP contribution in [0.5, 0.6) is 0 Å². The van der Waals surface area contributed by atoms with E-state index in [-0.39, 0.29) is 5.92 Å². The Morgan fingerprint density at radius 3 is 2.72 bits per heavy atom. The van der Waals surface area contributed by atoms with Gasteiger partial charge in [0.25, 0.3) is 0 Å². The van der Waals surface area contributed by atoms with E-state index in [1.165, 1.54) is 24.3 Å². The fourth-order valence-electron chi connectivity index (χ4n) is 4.28. The number of hydrogen-bond acceptors (Lipinski definition) is 3. The maximum atomic E-state index is 11.3. The first-order valence-corrected chi connectivity index (χ1v) is 8.21. The van der Waals surface area contributed by atoms with Gasteiger partial charge in [-0.15, -0.1) is 0 Å². The molecular weight excluding hydrogens is 246 g/mol. The maximum Gasteiger partial charge on any atom is 0.308 e. The number of nitrogens with zero attached hydrogens (tertiary/aromatic N) is 1. The number of carboxylic acid groups (broad SMARTS) is 1. The molecule has 4 heteroatoms. The highest BCUT2D eigenvalue weighted by atomic mass is 32.2. The van der Waals surface area contributed by atoms with E-state index in [1.54, 1.807) is 0 Å². The third-order valence-corrected chi connectivity index (χ3v) is 6.53. The summed E-state index contributed by atoms with van der Waals surface area (Å²) >= 11 is 2.05. The predicted molar refractivity (Wildman–Crippen MR) is 73.9 cm³/mol. The van der Waals surface area contributed by atoms with Gasteiger partial charge in [-0.3, -0.25) is 9.69 Å². The molecular formula is C14H23NO2S. The van der Waals surface area contributed by atoms with Crippen molar-refractivity contribution in [1.82, 2.24) is 4.90 Å². The lowest BCUT2D eigenvalue weighted by Gasteiger charge is -2.41. The minimum absolute atomic E-state index is 0.0983. The molecule has 3 rings (SSSR count). The molecule has 0 amide bonds. The fraction of sp³-hybridized carbons (Fsp3) is 0.929. The molecule has 3 aliphatic rings. The van der Waals surface area contributed by atoms with Crippen LogP contribution in [0.1, 0.15) is 39.5 Å². The molecule has 4 atom stereocenters. The number of carbonyl (C=O) groups is 1. The first-order chi connectivity index (χ1) is 8.48. The summed E-state index contributed by atoms with van der Waals surface area (Å²) in [6.45, 7) is 4.69. The highest BCUT2D eigenvalue weighted by Gasteiger charge is 2.52. The summed E-state index contributed by atoms with van der Waals surface area (Å²) in [7, 11) is 0. The quantitative estimate of drug-likeness (QED) is 0.836. The lowest BCUT2D eigenvalue weighted by atomic mass is 9.87.